The molecule has 35 heavy (non-hydrogen) atoms. The predicted molar refractivity (Wildman–Crippen MR) is 131 cm³/mol. The highest BCUT2D eigenvalue weighted by molar-refractivity contribution is 7.92. The molecule has 0 saturated heterocycles. The van der Waals surface area contributed by atoms with Crippen molar-refractivity contribution in [1.82, 2.24) is 0 Å². The van der Waals surface area contributed by atoms with E-state index in [2.05, 4.69) is 15.4 Å². The molecule has 4 rings (SSSR count). The van der Waals surface area contributed by atoms with Gasteiger partial charge < -0.3 is 19.8 Å². The number of carbonyl (C=O) groups excluding carboxylic acids is 2. The number of sulfonamides is 1. The maximum Gasteiger partial charge on any atom is 0.291 e. The number of furan rings is 1. The third-order valence-corrected chi connectivity index (χ3v) is 6.25. The Hall–Kier alpha value is -4.57. The number of nitrogens with one attached hydrogen (secondary N) is 3. The van der Waals surface area contributed by atoms with Gasteiger partial charge in [-0.25, -0.2) is 8.42 Å². The van der Waals surface area contributed by atoms with Crippen LogP contribution in [-0.2, 0) is 10.0 Å². The van der Waals surface area contributed by atoms with Crippen LogP contribution < -0.4 is 20.1 Å². The maximum atomic E-state index is 12.8. The first-order valence-electron chi connectivity index (χ1n) is 10.4. The van der Waals surface area contributed by atoms with Crippen LogP contribution in [0.2, 0.25) is 0 Å². The lowest BCUT2D eigenvalue weighted by Crippen LogP contribution is -2.16. The average molecular weight is 492 g/mol. The molecule has 3 N–H and O–H groups in total. The second-order valence-electron chi connectivity index (χ2n) is 7.33. The highest BCUT2D eigenvalue weighted by Crippen LogP contribution is 2.21. The quantitative estimate of drug-likeness (QED) is 0.331. The molecule has 0 radical (unpaired) electrons. The molecular weight excluding hydrogens is 470 g/mol. The summed E-state index contributed by atoms with van der Waals surface area (Å²) in [5.41, 5.74) is 1.36. The zero-order valence-electron chi connectivity index (χ0n) is 18.5. The molecule has 0 bridgehead atoms. The molecule has 3 aromatic carbocycles. The van der Waals surface area contributed by atoms with E-state index in [9.17, 15) is 18.0 Å². The number of methoxy groups -OCH3 is 1. The summed E-state index contributed by atoms with van der Waals surface area (Å²) in [6.45, 7) is 0. The minimum atomic E-state index is -3.93. The SMILES string of the molecule is COc1ccc(NS(=O)(=O)c2cccc(C(=O)Nc3cccc(NC(=O)c4ccco4)c3)c2)cc1. The monoisotopic (exact) mass is 491 g/mol. The first-order valence-corrected chi connectivity index (χ1v) is 11.9. The number of amides is 2. The zero-order chi connectivity index (χ0) is 24.8. The van der Waals surface area contributed by atoms with Gasteiger partial charge in [-0.1, -0.05) is 12.1 Å². The van der Waals surface area contributed by atoms with Gasteiger partial charge in [0.05, 0.1) is 18.3 Å². The Morgan fingerprint density at radius 3 is 2.11 bits per heavy atom. The zero-order valence-corrected chi connectivity index (χ0v) is 19.3. The molecule has 0 aliphatic carbocycles. The number of rotatable bonds is 8. The van der Waals surface area contributed by atoms with E-state index in [1.165, 1.54) is 43.7 Å². The topological polar surface area (TPSA) is 127 Å². The highest BCUT2D eigenvalue weighted by atomic mass is 32.2. The summed E-state index contributed by atoms with van der Waals surface area (Å²) >= 11 is 0. The number of ether oxygens (including phenoxy) is 1. The van der Waals surface area contributed by atoms with Crippen LogP contribution in [0.3, 0.4) is 0 Å². The van der Waals surface area contributed by atoms with E-state index < -0.39 is 21.8 Å². The summed E-state index contributed by atoms with van der Waals surface area (Å²) in [6.07, 6.45) is 1.40. The number of hydrogen-bond acceptors (Lipinski definition) is 6. The van der Waals surface area contributed by atoms with E-state index in [-0.39, 0.29) is 16.2 Å². The van der Waals surface area contributed by atoms with Crippen LogP contribution in [0, 0.1) is 0 Å². The molecule has 0 spiro atoms. The van der Waals surface area contributed by atoms with Gasteiger partial charge in [0.15, 0.2) is 5.76 Å². The van der Waals surface area contributed by atoms with E-state index >= 15 is 0 Å². The van der Waals surface area contributed by atoms with Crippen molar-refractivity contribution in [3.63, 3.8) is 0 Å². The minimum Gasteiger partial charge on any atom is -0.497 e. The van der Waals surface area contributed by atoms with Crippen molar-refractivity contribution in [1.29, 1.82) is 0 Å². The first kappa shape index (κ1) is 23.6. The summed E-state index contributed by atoms with van der Waals surface area (Å²) in [6, 6.07) is 21.8. The Kier molecular flexibility index (Phi) is 6.83. The fourth-order valence-corrected chi connectivity index (χ4v) is 4.26. The third-order valence-electron chi connectivity index (χ3n) is 4.87. The normalized spacial score (nSPS) is 10.9. The van der Waals surface area contributed by atoms with Crippen molar-refractivity contribution in [3.05, 3.63) is 103 Å². The molecule has 0 fully saturated rings. The van der Waals surface area contributed by atoms with Crippen LogP contribution in [0.15, 0.2) is 101 Å². The van der Waals surface area contributed by atoms with Crippen LogP contribution in [0.4, 0.5) is 17.1 Å². The van der Waals surface area contributed by atoms with Crippen molar-refractivity contribution >= 4 is 38.9 Å². The third kappa shape index (κ3) is 5.87. The number of carbonyl (C=O) groups is 2. The molecule has 0 unspecified atom stereocenters. The molecule has 178 valence electrons. The second-order valence-corrected chi connectivity index (χ2v) is 9.01. The van der Waals surface area contributed by atoms with Gasteiger partial charge in [0.1, 0.15) is 5.75 Å². The minimum absolute atomic E-state index is 0.0690. The lowest BCUT2D eigenvalue weighted by molar-refractivity contribution is 0.0995. The highest BCUT2D eigenvalue weighted by Gasteiger charge is 2.17. The molecule has 0 saturated carbocycles. The smallest absolute Gasteiger partial charge is 0.291 e. The van der Waals surface area contributed by atoms with Crippen LogP contribution in [0.25, 0.3) is 0 Å². The van der Waals surface area contributed by atoms with E-state index in [0.29, 0.717) is 22.8 Å². The van der Waals surface area contributed by atoms with Gasteiger partial charge >= 0.3 is 0 Å². The van der Waals surface area contributed by atoms with E-state index in [0.717, 1.165) is 0 Å². The fourth-order valence-electron chi connectivity index (χ4n) is 3.16. The Bertz CT molecular complexity index is 1450. The van der Waals surface area contributed by atoms with Crippen LogP contribution in [0.1, 0.15) is 20.9 Å². The summed E-state index contributed by atoms with van der Waals surface area (Å²) < 4.78 is 38.2. The molecule has 10 heteroatoms. The summed E-state index contributed by atoms with van der Waals surface area (Å²) in [7, 11) is -2.41. The predicted octanol–water partition coefficient (Wildman–Crippen LogP) is 4.59. The van der Waals surface area contributed by atoms with Gasteiger partial charge in [0, 0.05) is 22.6 Å². The molecule has 0 aliphatic rings. The summed E-state index contributed by atoms with van der Waals surface area (Å²) in [5.74, 6) is -0.196. The molecule has 0 atom stereocenters. The summed E-state index contributed by atoms with van der Waals surface area (Å²) in [4.78, 5) is 24.9. The van der Waals surface area contributed by atoms with Crippen LogP contribution in [-0.4, -0.2) is 27.3 Å². The van der Waals surface area contributed by atoms with Crippen molar-refractivity contribution in [3.8, 4) is 5.75 Å². The number of benzene rings is 3. The molecule has 0 aliphatic heterocycles. The number of anilines is 3. The van der Waals surface area contributed by atoms with Crippen molar-refractivity contribution < 1.29 is 27.2 Å². The molecule has 1 aromatic heterocycles. The van der Waals surface area contributed by atoms with Gasteiger partial charge in [-0.05, 0) is 72.8 Å². The first-order chi connectivity index (χ1) is 16.8. The van der Waals surface area contributed by atoms with E-state index in [1.807, 2.05) is 0 Å². The Labute approximate surface area is 201 Å². The largest absolute Gasteiger partial charge is 0.497 e. The van der Waals surface area contributed by atoms with Crippen LogP contribution >= 0.6 is 0 Å². The van der Waals surface area contributed by atoms with E-state index in [1.54, 1.807) is 54.6 Å². The van der Waals surface area contributed by atoms with Crippen LogP contribution in [0.5, 0.6) is 5.75 Å². The average Bonchev–Trinajstić information content (AvgIpc) is 3.40. The lowest BCUT2D eigenvalue weighted by atomic mass is 10.2. The van der Waals surface area contributed by atoms with Gasteiger partial charge in [-0.2, -0.15) is 0 Å². The van der Waals surface area contributed by atoms with Crippen molar-refractivity contribution in [2.24, 2.45) is 0 Å². The molecule has 9 nitrogen and oxygen atoms in total. The van der Waals surface area contributed by atoms with Crippen molar-refractivity contribution in [2.75, 3.05) is 22.5 Å². The Morgan fingerprint density at radius 2 is 1.46 bits per heavy atom. The summed E-state index contributed by atoms with van der Waals surface area (Å²) in [5, 5.41) is 5.38. The Balaban J connectivity index is 1.46. The molecule has 4 aromatic rings. The van der Waals surface area contributed by atoms with E-state index in [4.69, 9.17) is 9.15 Å². The molecule has 1 heterocycles. The maximum absolute atomic E-state index is 12.8. The second kappa shape index (κ2) is 10.1. The molecule has 2 amide bonds. The number of hydrogen-bond donors (Lipinski definition) is 3. The Morgan fingerprint density at radius 1 is 0.771 bits per heavy atom. The van der Waals surface area contributed by atoms with Gasteiger partial charge in [-0.3, -0.25) is 14.3 Å². The fraction of sp³-hybridized carbons (Fsp3) is 0.0400. The van der Waals surface area contributed by atoms with Gasteiger partial charge in [-0.15, -0.1) is 0 Å². The van der Waals surface area contributed by atoms with Crippen molar-refractivity contribution in [2.45, 2.75) is 4.90 Å². The molecular formula is C25H21N3O6S. The van der Waals surface area contributed by atoms with Gasteiger partial charge in [0.2, 0.25) is 0 Å². The van der Waals surface area contributed by atoms with Gasteiger partial charge in [0.25, 0.3) is 21.8 Å². The lowest BCUT2D eigenvalue weighted by Gasteiger charge is -2.11. The standard InChI is InChI=1S/C25H21N3O6S/c1-33-21-12-10-18(11-13-21)28-35(31,32)22-8-2-5-17(15-22)24(29)26-19-6-3-7-20(16-19)27-25(30)23-9-4-14-34-23/h2-16,28H,1H3,(H,26,29)(H,27,30).